The number of hydrogen-bond donors (Lipinski definition) is 2. The number of carboxylic acids is 1. The molecule has 4 aliphatic carbocycles. The van der Waals surface area contributed by atoms with E-state index in [1.807, 2.05) is 6.92 Å². The molecule has 2 bridgehead atoms. The molecule has 3 nitrogen and oxygen atoms in total. The second kappa shape index (κ2) is 4.41. The number of aliphatic carboxylic acids is 1. The normalized spacial score (nSPS) is 55.2. The molecule has 0 radical (unpaired) electrons. The van der Waals surface area contributed by atoms with E-state index in [-0.39, 0.29) is 16.7 Å². The third kappa shape index (κ3) is 1.78. The Hall–Kier alpha value is -0.830. The Labute approximate surface area is 139 Å². The summed E-state index contributed by atoms with van der Waals surface area (Å²) in [7, 11) is 0. The van der Waals surface area contributed by atoms with Crippen molar-refractivity contribution in [3.05, 3.63) is 12.2 Å². The summed E-state index contributed by atoms with van der Waals surface area (Å²) in [6.45, 7) is 8.55. The van der Waals surface area contributed by atoms with Crippen LogP contribution in [0.2, 0.25) is 0 Å². The fraction of sp³-hybridized carbons (Fsp3) is 0.850. The molecule has 4 saturated carbocycles. The number of carboxylic acid groups (broad SMARTS) is 1. The molecule has 0 amide bonds. The van der Waals surface area contributed by atoms with Crippen LogP contribution in [0.1, 0.15) is 71.6 Å². The average molecular weight is 318 g/mol. The maximum absolute atomic E-state index is 12.0. The van der Waals surface area contributed by atoms with Crippen LogP contribution in [0.25, 0.3) is 0 Å². The lowest BCUT2D eigenvalue weighted by molar-refractivity contribution is -0.186. The molecule has 128 valence electrons. The highest BCUT2D eigenvalue weighted by atomic mass is 16.4. The summed E-state index contributed by atoms with van der Waals surface area (Å²) in [5, 5.41) is 20.8. The van der Waals surface area contributed by atoms with Gasteiger partial charge in [-0.1, -0.05) is 19.9 Å². The smallest absolute Gasteiger partial charge is 0.309 e. The van der Waals surface area contributed by atoms with E-state index < -0.39 is 17.0 Å². The third-order valence-electron chi connectivity index (χ3n) is 8.65. The first kappa shape index (κ1) is 15.7. The zero-order valence-electron chi connectivity index (χ0n) is 14.5. The summed E-state index contributed by atoms with van der Waals surface area (Å²) >= 11 is 0. The van der Waals surface area contributed by atoms with Gasteiger partial charge in [-0.05, 0) is 86.5 Å². The molecule has 1 spiro atoms. The number of hydrogen-bond acceptors (Lipinski definition) is 2. The zero-order chi connectivity index (χ0) is 16.7. The van der Waals surface area contributed by atoms with Crippen molar-refractivity contribution >= 4 is 5.97 Å². The predicted molar refractivity (Wildman–Crippen MR) is 88.9 cm³/mol. The zero-order valence-corrected chi connectivity index (χ0v) is 14.5. The molecule has 2 N–H and O–H groups in total. The van der Waals surface area contributed by atoms with Crippen LogP contribution in [0.3, 0.4) is 0 Å². The van der Waals surface area contributed by atoms with Crippen molar-refractivity contribution in [1.82, 2.24) is 0 Å². The van der Waals surface area contributed by atoms with Gasteiger partial charge in [0.15, 0.2) is 0 Å². The Balaban J connectivity index is 1.76. The highest BCUT2D eigenvalue weighted by Crippen LogP contribution is 2.72. The molecule has 4 rings (SSSR count). The van der Waals surface area contributed by atoms with E-state index in [1.165, 1.54) is 0 Å². The second-order valence-corrected chi connectivity index (χ2v) is 9.62. The van der Waals surface area contributed by atoms with Crippen LogP contribution in [0, 0.1) is 28.1 Å². The summed E-state index contributed by atoms with van der Waals surface area (Å²) in [5.41, 5.74) is 0.128. The minimum Gasteiger partial charge on any atom is -0.481 e. The monoisotopic (exact) mass is 318 g/mol. The first-order valence-electron chi connectivity index (χ1n) is 9.30. The lowest BCUT2D eigenvalue weighted by Gasteiger charge is -2.63. The minimum absolute atomic E-state index is 0.107. The van der Waals surface area contributed by atoms with Crippen molar-refractivity contribution in [3.63, 3.8) is 0 Å². The Morgan fingerprint density at radius 1 is 1.13 bits per heavy atom. The molecule has 6 atom stereocenters. The summed E-state index contributed by atoms with van der Waals surface area (Å²) in [5.74, 6) is 0.219. The molecule has 0 aromatic rings. The van der Waals surface area contributed by atoms with Crippen molar-refractivity contribution in [3.8, 4) is 0 Å². The van der Waals surface area contributed by atoms with E-state index in [0.717, 1.165) is 63.4 Å². The SMILES string of the molecule is C=C1CC23CC[C@H]4[C@@](C)(CCC[C@@]4(C)C(=O)O)[C@@H]2CC[C@@]1(O)C3. The molecule has 0 saturated heterocycles. The summed E-state index contributed by atoms with van der Waals surface area (Å²) < 4.78 is 0. The van der Waals surface area contributed by atoms with Crippen molar-refractivity contribution in [1.29, 1.82) is 0 Å². The molecule has 0 aliphatic heterocycles. The van der Waals surface area contributed by atoms with Gasteiger partial charge in [-0.2, -0.15) is 0 Å². The lowest BCUT2D eigenvalue weighted by atomic mass is 9.41. The predicted octanol–water partition coefficient (Wildman–Crippen LogP) is 4.16. The second-order valence-electron chi connectivity index (χ2n) is 9.62. The molecule has 4 aliphatic rings. The van der Waals surface area contributed by atoms with E-state index in [4.69, 9.17) is 0 Å². The van der Waals surface area contributed by atoms with Crippen LogP contribution < -0.4 is 0 Å². The summed E-state index contributed by atoms with van der Waals surface area (Å²) in [6, 6.07) is 0. The van der Waals surface area contributed by atoms with Crippen molar-refractivity contribution in [2.75, 3.05) is 0 Å². The molecule has 3 heteroatoms. The van der Waals surface area contributed by atoms with Gasteiger partial charge in [0.05, 0.1) is 11.0 Å². The van der Waals surface area contributed by atoms with E-state index in [9.17, 15) is 15.0 Å². The van der Waals surface area contributed by atoms with Gasteiger partial charge in [0.2, 0.25) is 0 Å². The van der Waals surface area contributed by atoms with Gasteiger partial charge < -0.3 is 10.2 Å². The molecule has 23 heavy (non-hydrogen) atoms. The maximum Gasteiger partial charge on any atom is 0.309 e. The van der Waals surface area contributed by atoms with Crippen LogP contribution in [-0.4, -0.2) is 21.8 Å². The van der Waals surface area contributed by atoms with Gasteiger partial charge in [0, 0.05) is 0 Å². The third-order valence-corrected chi connectivity index (χ3v) is 8.65. The Morgan fingerprint density at radius 3 is 2.52 bits per heavy atom. The molecule has 0 aromatic heterocycles. The highest BCUT2D eigenvalue weighted by Gasteiger charge is 2.67. The minimum atomic E-state index is -0.634. The molecule has 0 aromatic carbocycles. The molecule has 4 fully saturated rings. The number of aliphatic hydroxyl groups is 1. The van der Waals surface area contributed by atoms with Crippen LogP contribution in [0.15, 0.2) is 12.2 Å². The average Bonchev–Trinajstić information content (AvgIpc) is 2.63. The van der Waals surface area contributed by atoms with Crippen LogP contribution in [0.4, 0.5) is 0 Å². The Bertz CT molecular complexity index is 583. The fourth-order valence-corrected chi connectivity index (χ4v) is 7.61. The standard InChI is InChI=1S/C20H30O3/c1-13-11-19-9-5-14-17(2,7-4-8-18(14,3)16(21)22)15(19)6-10-20(13,23)12-19/h14-15,23H,1,4-12H2,2-3H3,(H,21,22)/t14-,15-,17+,18+,19?,20+/m0/s1. The topological polar surface area (TPSA) is 57.5 Å². The van der Waals surface area contributed by atoms with Crippen LogP contribution >= 0.6 is 0 Å². The molecule has 0 heterocycles. The van der Waals surface area contributed by atoms with E-state index in [0.29, 0.717) is 5.92 Å². The van der Waals surface area contributed by atoms with Crippen molar-refractivity contribution in [2.24, 2.45) is 28.1 Å². The Kier molecular flexibility index (Phi) is 3.01. The van der Waals surface area contributed by atoms with Crippen LogP contribution in [0.5, 0.6) is 0 Å². The largest absolute Gasteiger partial charge is 0.481 e. The first-order valence-corrected chi connectivity index (χ1v) is 9.30. The van der Waals surface area contributed by atoms with Gasteiger partial charge in [-0.3, -0.25) is 4.79 Å². The number of rotatable bonds is 1. The Morgan fingerprint density at radius 2 is 1.83 bits per heavy atom. The molecule has 1 unspecified atom stereocenters. The van der Waals surface area contributed by atoms with Crippen LogP contribution in [-0.2, 0) is 4.79 Å². The maximum atomic E-state index is 12.0. The summed E-state index contributed by atoms with van der Waals surface area (Å²) in [4.78, 5) is 12.0. The fourth-order valence-electron chi connectivity index (χ4n) is 7.61. The van der Waals surface area contributed by atoms with Gasteiger partial charge >= 0.3 is 5.97 Å². The molecular formula is C20H30O3. The van der Waals surface area contributed by atoms with Crippen molar-refractivity contribution < 1.29 is 15.0 Å². The lowest BCUT2D eigenvalue weighted by Crippen LogP contribution is -2.59. The van der Waals surface area contributed by atoms with Gasteiger partial charge in [0.1, 0.15) is 0 Å². The quantitative estimate of drug-likeness (QED) is 0.714. The van der Waals surface area contributed by atoms with Crippen molar-refractivity contribution in [2.45, 2.75) is 77.2 Å². The van der Waals surface area contributed by atoms with Gasteiger partial charge in [-0.25, -0.2) is 0 Å². The van der Waals surface area contributed by atoms with E-state index in [2.05, 4.69) is 13.5 Å². The first-order chi connectivity index (χ1) is 10.7. The highest BCUT2D eigenvalue weighted by molar-refractivity contribution is 5.75. The van der Waals surface area contributed by atoms with E-state index in [1.54, 1.807) is 0 Å². The van der Waals surface area contributed by atoms with E-state index >= 15 is 0 Å². The van der Waals surface area contributed by atoms with Gasteiger partial charge in [-0.15, -0.1) is 0 Å². The number of fused-ring (bicyclic) bond motifs is 3. The number of carbonyl (C=O) groups is 1. The molecular weight excluding hydrogens is 288 g/mol. The van der Waals surface area contributed by atoms with Gasteiger partial charge in [0.25, 0.3) is 0 Å². The summed E-state index contributed by atoms with van der Waals surface area (Å²) in [6.07, 6.45) is 8.75.